The smallest absolute Gasteiger partial charge is 0.251 e. The summed E-state index contributed by atoms with van der Waals surface area (Å²) in [6.45, 7) is 1.07. The highest BCUT2D eigenvalue weighted by molar-refractivity contribution is 5.94. The molecule has 1 N–H and O–H groups in total. The molecule has 122 valence electrons. The van der Waals surface area contributed by atoms with Crippen LogP contribution < -0.4 is 5.32 Å². The summed E-state index contributed by atoms with van der Waals surface area (Å²) in [5.74, 6) is -0.397. The molecule has 0 saturated heterocycles. The molecule has 0 aliphatic heterocycles. The van der Waals surface area contributed by atoms with Crippen LogP contribution in [0.15, 0.2) is 67.0 Å². The summed E-state index contributed by atoms with van der Waals surface area (Å²) >= 11 is 0. The highest BCUT2D eigenvalue weighted by Crippen LogP contribution is 2.08. The van der Waals surface area contributed by atoms with Crippen molar-refractivity contribution in [3.8, 4) is 0 Å². The second-order valence-electron chi connectivity index (χ2n) is 5.50. The minimum absolute atomic E-state index is 0.156. The predicted octanol–water partition coefficient (Wildman–Crippen LogP) is 3.04. The first kappa shape index (κ1) is 15.9. The molecule has 4 nitrogen and oxygen atoms in total. The molecule has 1 amide bonds. The van der Waals surface area contributed by atoms with Crippen molar-refractivity contribution in [2.45, 2.75) is 13.0 Å². The average molecular weight is 323 g/mol. The molecule has 3 aromatic rings. The third-order valence-corrected chi connectivity index (χ3v) is 3.76. The van der Waals surface area contributed by atoms with Gasteiger partial charge in [0.05, 0.1) is 6.54 Å². The number of carbonyl (C=O) groups excluding carboxylic acids is 1. The number of benzene rings is 2. The Balaban J connectivity index is 1.52. The Morgan fingerprint density at radius 1 is 1.08 bits per heavy atom. The molecule has 0 radical (unpaired) electrons. The Bertz CT molecular complexity index is 798. The van der Waals surface area contributed by atoms with Crippen LogP contribution in [-0.2, 0) is 13.0 Å². The van der Waals surface area contributed by atoms with Gasteiger partial charge in [0.2, 0.25) is 0 Å². The van der Waals surface area contributed by atoms with Crippen molar-refractivity contribution in [1.82, 2.24) is 15.1 Å². The molecule has 2 aromatic carbocycles. The normalized spacial score (nSPS) is 10.5. The summed E-state index contributed by atoms with van der Waals surface area (Å²) in [5, 5.41) is 6.97. The van der Waals surface area contributed by atoms with E-state index in [1.54, 1.807) is 36.5 Å². The van der Waals surface area contributed by atoms with Gasteiger partial charge in [0.15, 0.2) is 0 Å². The third-order valence-electron chi connectivity index (χ3n) is 3.76. The maximum Gasteiger partial charge on any atom is 0.251 e. The zero-order chi connectivity index (χ0) is 16.8. The van der Waals surface area contributed by atoms with E-state index in [1.807, 2.05) is 29.1 Å². The molecular weight excluding hydrogens is 305 g/mol. The van der Waals surface area contributed by atoms with E-state index in [-0.39, 0.29) is 11.7 Å². The van der Waals surface area contributed by atoms with Gasteiger partial charge in [-0.3, -0.25) is 9.48 Å². The van der Waals surface area contributed by atoms with Crippen LogP contribution in [0, 0.1) is 5.82 Å². The van der Waals surface area contributed by atoms with E-state index in [9.17, 15) is 9.18 Å². The van der Waals surface area contributed by atoms with Gasteiger partial charge in [0.1, 0.15) is 5.82 Å². The van der Waals surface area contributed by atoms with Gasteiger partial charge in [0, 0.05) is 24.5 Å². The van der Waals surface area contributed by atoms with Crippen molar-refractivity contribution in [1.29, 1.82) is 0 Å². The first-order valence-corrected chi connectivity index (χ1v) is 7.80. The first-order valence-electron chi connectivity index (χ1n) is 7.80. The third kappa shape index (κ3) is 4.07. The van der Waals surface area contributed by atoms with Gasteiger partial charge in [-0.05, 0) is 41.8 Å². The second kappa shape index (κ2) is 7.55. The van der Waals surface area contributed by atoms with Crippen LogP contribution in [0.25, 0.3) is 0 Å². The molecule has 0 atom stereocenters. The Hall–Kier alpha value is -2.95. The topological polar surface area (TPSA) is 46.9 Å². The molecule has 0 aliphatic carbocycles. The van der Waals surface area contributed by atoms with Crippen molar-refractivity contribution in [2.24, 2.45) is 0 Å². The quantitative estimate of drug-likeness (QED) is 0.758. The monoisotopic (exact) mass is 323 g/mol. The van der Waals surface area contributed by atoms with Crippen LogP contribution in [-0.4, -0.2) is 22.2 Å². The van der Waals surface area contributed by atoms with E-state index in [0.29, 0.717) is 30.6 Å². The van der Waals surface area contributed by atoms with E-state index in [0.717, 1.165) is 5.56 Å². The maximum absolute atomic E-state index is 13.5. The van der Waals surface area contributed by atoms with Gasteiger partial charge in [-0.15, -0.1) is 0 Å². The van der Waals surface area contributed by atoms with Crippen LogP contribution in [0.1, 0.15) is 21.5 Å². The summed E-state index contributed by atoms with van der Waals surface area (Å²) in [6.07, 6.45) is 4.09. The fraction of sp³-hybridized carbons (Fsp3) is 0.158. The largest absolute Gasteiger partial charge is 0.352 e. The summed E-state index contributed by atoms with van der Waals surface area (Å²) in [6, 6.07) is 15.9. The molecule has 0 spiro atoms. The Kier molecular flexibility index (Phi) is 5.01. The van der Waals surface area contributed by atoms with E-state index in [1.165, 1.54) is 6.07 Å². The molecule has 5 heteroatoms. The molecule has 1 aromatic heterocycles. The lowest BCUT2D eigenvalue weighted by atomic mass is 10.1. The lowest BCUT2D eigenvalue weighted by Crippen LogP contribution is -2.25. The van der Waals surface area contributed by atoms with Gasteiger partial charge >= 0.3 is 0 Å². The molecule has 1 heterocycles. The number of rotatable bonds is 6. The van der Waals surface area contributed by atoms with E-state index in [2.05, 4.69) is 10.4 Å². The number of halogens is 1. The number of nitrogens with one attached hydrogen (secondary N) is 1. The lowest BCUT2D eigenvalue weighted by Gasteiger charge is -2.07. The number of hydrogen-bond donors (Lipinski definition) is 1. The van der Waals surface area contributed by atoms with Crippen molar-refractivity contribution in [3.63, 3.8) is 0 Å². The summed E-state index contributed by atoms with van der Waals surface area (Å²) in [5.41, 5.74) is 2.27. The van der Waals surface area contributed by atoms with Crippen LogP contribution in [0.3, 0.4) is 0 Å². The van der Waals surface area contributed by atoms with Crippen molar-refractivity contribution >= 4 is 5.91 Å². The number of hydrogen-bond acceptors (Lipinski definition) is 2. The molecule has 0 saturated carbocycles. The van der Waals surface area contributed by atoms with Crippen LogP contribution in [0.2, 0.25) is 0 Å². The average Bonchev–Trinajstić information content (AvgIpc) is 3.10. The van der Waals surface area contributed by atoms with Gasteiger partial charge in [0.25, 0.3) is 5.91 Å². The lowest BCUT2D eigenvalue weighted by molar-refractivity contribution is 0.0954. The number of nitrogens with zero attached hydrogens (tertiary/aromatic N) is 2. The second-order valence-corrected chi connectivity index (χ2v) is 5.50. The molecule has 0 unspecified atom stereocenters. The molecule has 3 rings (SSSR count). The molecule has 0 bridgehead atoms. The minimum Gasteiger partial charge on any atom is -0.352 e. The number of aromatic nitrogens is 2. The van der Waals surface area contributed by atoms with Crippen LogP contribution in [0.4, 0.5) is 4.39 Å². The minimum atomic E-state index is -0.241. The number of carbonyl (C=O) groups is 1. The van der Waals surface area contributed by atoms with Crippen LogP contribution in [0.5, 0.6) is 0 Å². The standard InChI is InChI=1S/C19H18FN3O/c20-18-5-2-1-4-16(18)10-12-21-19(24)17-8-6-15(7-9-17)14-23-13-3-11-22-23/h1-9,11,13H,10,12,14H2,(H,21,24). The molecule has 0 fully saturated rings. The first-order chi connectivity index (χ1) is 11.7. The van der Waals surface area contributed by atoms with E-state index in [4.69, 9.17) is 0 Å². The van der Waals surface area contributed by atoms with Crippen molar-refractivity contribution in [3.05, 3.63) is 89.5 Å². The highest BCUT2D eigenvalue weighted by atomic mass is 19.1. The summed E-state index contributed by atoms with van der Waals surface area (Å²) in [7, 11) is 0. The Labute approximate surface area is 139 Å². The maximum atomic E-state index is 13.5. The zero-order valence-corrected chi connectivity index (χ0v) is 13.2. The zero-order valence-electron chi connectivity index (χ0n) is 13.2. The Morgan fingerprint density at radius 3 is 2.58 bits per heavy atom. The van der Waals surface area contributed by atoms with Crippen molar-refractivity contribution in [2.75, 3.05) is 6.54 Å². The predicted molar refractivity (Wildman–Crippen MR) is 90.2 cm³/mol. The van der Waals surface area contributed by atoms with Gasteiger partial charge in [-0.25, -0.2) is 4.39 Å². The van der Waals surface area contributed by atoms with E-state index >= 15 is 0 Å². The molecular formula is C19H18FN3O. The summed E-state index contributed by atoms with van der Waals surface area (Å²) in [4.78, 5) is 12.1. The van der Waals surface area contributed by atoms with Crippen molar-refractivity contribution < 1.29 is 9.18 Å². The van der Waals surface area contributed by atoms with Gasteiger partial charge in [-0.1, -0.05) is 30.3 Å². The number of amides is 1. The van der Waals surface area contributed by atoms with E-state index < -0.39 is 0 Å². The Morgan fingerprint density at radius 2 is 1.88 bits per heavy atom. The highest BCUT2D eigenvalue weighted by Gasteiger charge is 2.06. The molecule has 24 heavy (non-hydrogen) atoms. The van der Waals surface area contributed by atoms with Crippen LogP contribution >= 0.6 is 0 Å². The molecule has 0 aliphatic rings. The summed E-state index contributed by atoms with van der Waals surface area (Å²) < 4.78 is 15.3. The van der Waals surface area contributed by atoms with Gasteiger partial charge < -0.3 is 5.32 Å². The van der Waals surface area contributed by atoms with Gasteiger partial charge in [-0.2, -0.15) is 5.10 Å². The fourth-order valence-electron chi connectivity index (χ4n) is 2.46. The SMILES string of the molecule is O=C(NCCc1ccccc1F)c1ccc(Cn2cccn2)cc1. The fourth-order valence-corrected chi connectivity index (χ4v) is 2.46.